The normalized spacial score (nSPS) is 24.2. The molecule has 1 aliphatic heterocycles. The minimum Gasteiger partial charge on any atom is -0.466 e. The lowest BCUT2D eigenvalue weighted by Gasteiger charge is -2.33. The van der Waals surface area contributed by atoms with Crippen LogP contribution < -0.4 is 5.32 Å². The molecule has 0 aromatic carbocycles. The zero-order valence-electron chi connectivity index (χ0n) is 12.4. The molecule has 1 saturated carbocycles. The average molecular weight is 282 g/mol. The first-order valence-electron chi connectivity index (χ1n) is 7.92. The van der Waals surface area contributed by atoms with E-state index in [1.165, 1.54) is 19.3 Å². The van der Waals surface area contributed by atoms with Gasteiger partial charge in [0, 0.05) is 19.1 Å². The van der Waals surface area contributed by atoms with E-state index in [2.05, 4.69) is 5.32 Å². The summed E-state index contributed by atoms with van der Waals surface area (Å²) in [7, 11) is 0. The number of carbonyl (C=O) groups excluding carboxylic acids is 2. The van der Waals surface area contributed by atoms with Crippen LogP contribution in [-0.2, 0) is 9.53 Å². The van der Waals surface area contributed by atoms with Crippen molar-refractivity contribution in [3.63, 3.8) is 0 Å². The van der Waals surface area contributed by atoms with Crippen molar-refractivity contribution < 1.29 is 14.3 Å². The van der Waals surface area contributed by atoms with Gasteiger partial charge in [0.05, 0.1) is 12.5 Å². The Morgan fingerprint density at radius 1 is 1.15 bits per heavy atom. The number of amides is 2. The van der Waals surface area contributed by atoms with Gasteiger partial charge in [-0.1, -0.05) is 19.3 Å². The number of nitrogens with zero attached hydrogens (tertiary/aromatic N) is 1. The van der Waals surface area contributed by atoms with Crippen LogP contribution in [0.15, 0.2) is 0 Å². The van der Waals surface area contributed by atoms with Crippen molar-refractivity contribution in [1.82, 2.24) is 10.2 Å². The Labute approximate surface area is 121 Å². The monoisotopic (exact) mass is 282 g/mol. The molecule has 0 aromatic rings. The Kier molecular flexibility index (Phi) is 5.68. The number of esters is 1. The molecule has 2 fully saturated rings. The van der Waals surface area contributed by atoms with Gasteiger partial charge in [0.25, 0.3) is 0 Å². The summed E-state index contributed by atoms with van der Waals surface area (Å²) >= 11 is 0. The SMILES string of the molecule is CCOC(=O)C1CCCN(C(=O)NC2CCCCC2)C1. The maximum atomic E-state index is 12.3. The van der Waals surface area contributed by atoms with Crippen LogP contribution in [0.1, 0.15) is 51.9 Å². The van der Waals surface area contributed by atoms with E-state index in [4.69, 9.17) is 4.74 Å². The summed E-state index contributed by atoms with van der Waals surface area (Å²) < 4.78 is 5.06. The van der Waals surface area contributed by atoms with Crippen LogP contribution in [0.5, 0.6) is 0 Å². The lowest BCUT2D eigenvalue weighted by atomic mass is 9.95. The third-order valence-corrected chi connectivity index (χ3v) is 4.26. The summed E-state index contributed by atoms with van der Waals surface area (Å²) in [4.78, 5) is 25.8. The summed E-state index contributed by atoms with van der Waals surface area (Å²) in [5.41, 5.74) is 0. The molecule has 20 heavy (non-hydrogen) atoms. The fraction of sp³-hybridized carbons (Fsp3) is 0.867. The lowest BCUT2D eigenvalue weighted by molar-refractivity contribution is -0.149. The molecular formula is C15H26N2O3. The Morgan fingerprint density at radius 2 is 1.90 bits per heavy atom. The van der Waals surface area contributed by atoms with Crippen molar-refractivity contribution in [2.75, 3.05) is 19.7 Å². The van der Waals surface area contributed by atoms with Crippen LogP contribution in [-0.4, -0.2) is 42.6 Å². The second kappa shape index (κ2) is 7.50. The number of carbonyl (C=O) groups is 2. The molecule has 2 aliphatic rings. The number of likely N-dealkylation sites (tertiary alicyclic amines) is 1. The summed E-state index contributed by atoms with van der Waals surface area (Å²) in [5, 5.41) is 3.11. The zero-order chi connectivity index (χ0) is 14.4. The number of nitrogens with one attached hydrogen (secondary N) is 1. The van der Waals surface area contributed by atoms with Gasteiger partial charge < -0.3 is 15.0 Å². The highest BCUT2D eigenvalue weighted by molar-refractivity contribution is 5.77. The van der Waals surface area contributed by atoms with Crippen LogP contribution in [0.4, 0.5) is 4.79 Å². The maximum Gasteiger partial charge on any atom is 0.317 e. The summed E-state index contributed by atoms with van der Waals surface area (Å²) in [6.45, 7) is 3.46. The van der Waals surface area contributed by atoms with E-state index in [0.717, 1.165) is 32.2 Å². The van der Waals surface area contributed by atoms with Crippen molar-refractivity contribution in [3.05, 3.63) is 0 Å². The molecule has 1 saturated heterocycles. The first kappa shape index (κ1) is 15.1. The van der Waals surface area contributed by atoms with Crippen LogP contribution in [0.2, 0.25) is 0 Å². The molecule has 0 aromatic heterocycles. The van der Waals surface area contributed by atoms with Crippen molar-refractivity contribution in [1.29, 1.82) is 0 Å². The molecule has 1 atom stereocenters. The second-order valence-electron chi connectivity index (χ2n) is 5.82. The predicted molar refractivity (Wildman–Crippen MR) is 76.3 cm³/mol. The van der Waals surface area contributed by atoms with Crippen molar-refractivity contribution in [2.24, 2.45) is 5.92 Å². The molecule has 5 nitrogen and oxygen atoms in total. The molecule has 1 unspecified atom stereocenters. The molecule has 2 amide bonds. The molecule has 2 rings (SSSR count). The Bertz CT molecular complexity index is 340. The number of hydrogen-bond acceptors (Lipinski definition) is 3. The van der Waals surface area contributed by atoms with E-state index >= 15 is 0 Å². The van der Waals surface area contributed by atoms with Gasteiger partial charge in [-0.15, -0.1) is 0 Å². The van der Waals surface area contributed by atoms with E-state index in [9.17, 15) is 9.59 Å². The van der Waals surface area contributed by atoms with Crippen molar-refractivity contribution >= 4 is 12.0 Å². The highest BCUT2D eigenvalue weighted by Gasteiger charge is 2.30. The topological polar surface area (TPSA) is 58.6 Å². The third kappa shape index (κ3) is 4.12. The molecule has 5 heteroatoms. The summed E-state index contributed by atoms with van der Waals surface area (Å²) in [6, 6.07) is 0.310. The van der Waals surface area contributed by atoms with Gasteiger partial charge in [0.1, 0.15) is 0 Å². The summed E-state index contributed by atoms with van der Waals surface area (Å²) in [6.07, 6.45) is 7.56. The van der Waals surface area contributed by atoms with E-state index in [1.807, 2.05) is 6.92 Å². The molecule has 0 bridgehead atoms. The fourth-order valence-electron chi connectivity index (χ4n) is 3.13. The highest BCUT2D eigenvalue weighted by atomic mass is 16.5. The van der Waals surface area contributed by atoms with Crippen LogP contribution in [0.25, 0.3) is 0 Å². The Morgan fingerprint density at radius 3 is 2.60 bits per heavy atom. The molecule has 0 radical (unpaired) electrons. The zero-order valence-corrected chi connectivity index (χ0v) is 12.4. The second-order valence-corrected chi connectivity index (χ2v) is 5.82. The molecule has 0 spiro atoms. The average Bonchev–Trinajstić information content (AvgIpc) is 2.48. The van der Waals surface area contributed by atoms with E-state index in [0.29, 0.717) is 19.2 Å². The number of ether oxygens (including phenoxy) is 1. The van der Waals surface area contributed by atoms with Crippen LogP contribution in [0, 0.1) is 5.92 Å². The molecule has 1 N–H and O–H groups in total. The molecular weight excluding hydrogens is 256 g/mol. The van der Waals surface area contributed by atoms with Gasteiger partial charge >= 0.3 is 12.0 Å². The lowest BCUT2D eigenvalue weighted by Crippen LogP contribution is -2.50. The molecule has 1 heterocycles. The fourth-order valence-corrected chi connectivity index (χ4v) is 3.13. The van der Waals surface area contributed by atoms with Gasteiger partial charge in [-0.05, 0) is 32.6 Å². The summed E-state index contributed by atoms with van der Waals surface area (Å²) in [5.74, 6) is -0.316. The predicted octanol–water partition coefficient (Wildman–Crippen LogP) is 2.30. The van der Waals surface area contributed by atoms with Crippen molar-refractivity contribution in [3.8, 4) is 0 Å². The number of urea groups is 1. The maximum absolute atomic E-state index is 12.3. The first-order chi connectivity index (χ1) is 9.70. The van der Waals surface area contributed by atoms with Crippen LogP contribution in [0.3, 0.4) is 0 Å². The van der Waals surface area contributed by atoms with E-state index in [1.54, 1.807) is 4.90 Å². The van der Waals surface area contributed by atoms with E-state index in [-0.39, 0.29) is 17.9 Å². The smallest absolute Gasteiger partial charge is 0.317 e. The molecule has 114 valence electrons. The van der Waals surface area contributed by atoms with Crippen LogP contribution >= 0.6 is 0 Å². The highest BCUT2D eigenvalue weighted by Crippen LogP contribution is 2.20. The van der Waals surface area contributed by atoms with Gasteiger partial charge in [-0.3, -0.25) is 4.79 Å². The van der Waals surface area contributed by atoms with Crippen molar-refractivity contribution in [2.45, 2.75) is 57.9 Å². The van der Waals surface area contributed by atoms with Gasteiger partial charge in [0.2, 0.25) is 0 Å². The van der Waals surface area contributed by atoms with E-state index < -0.39 is 0 Å². The largest absolute Gasteiger partial charge is 0.466 e. The molecule has 1 aliphatic carbocycles. The third-order valence-electron chi connectivity index (χ3n) is 4.26. The van der Waals surface area contributed by atoms with Gasteiger partial charge in [0.15, 0.2) is 0 Å². The standard InChI is InChI=1S/C15H26N2O3/c1-2-20-14(18)12-7-6-10-17(11-12)15(19)16-13-8-4-3-5-9-13/h12-13H,2-11H2,1H3,(H,16,19). The first-order valence-corrected chi connectivity index (χ1v) is 7.92. The van der Waals surface area contributed by atoms with Gasteiger partial charge in [-0.2, -0.15) is 0 Å². The Hall–Kier alpha value is -1.26. The number of rotatable bonds is 3. The minimum absolute atomic E-state index is 0.00843. The number of piperidine rings is 1. The quantitative estimate of drug-likeness (QED) is 0.808. The Balaban J connectivity index is 1.81. The number of hydrogen-bond donors (Lipinski definition) is 1. The minimum atomic E-state index is -0.164. The van der Waals surface area contributed by atoms with Gasteiger partial charge in [-0.25, -0.2) is 4.79 Å².